The first-order chi connectivity index (χ1) is 19.7. The zero-order valence-electron chi connectivity index (χ0n) is 25.8. The molecule has 1 N–H and O–H groups in total. The van der Waals surface area contributed by atoms with Crippen LogP contribution in [0.5, 0.6) is 0 Å². The first kappa shape index (κ1) is 37.9. The van der Waals surface area contributed by atoms with Gasteiger partial charge >= 0.3 is 11.9 Å². The van der Waals surface area contributed by atoms with Crippen LogP contribution in [0.15, 0.2) is 36.5 Å². The maximum absolute atomic E-state index is 12.2. The predicted octanol–water partition coefficient (Wildman–Crippen LogP) is 3.65. The van der Waals surface area contributed by atoms with Gasteiger partial charge < -0.3 is 33.0 Å². The molecule has 0 aromatic rings. The number of phosphoric acid groups is 1. The van der Waals surface area contributed by atoms with Gasteiger partial charge in [-0.05, 0) is 37.7 Å². The first-order valence-corrected chi connectivity index (χ1v) is 16.2. The van der Waals surface area contributed by atoms with E-state index in [4.69, 9.17) is 18.5 Å². The van der Waals surface area contributed by atoms with Crippen LogP contribution in [0.4, 0.5) is 0 Å². The number of quaternary nitrogens is 1. The van der Waals surface area contributed by atoms with Gasteiger partial charge in [0.05, 0.1) is 33.9 Å². The molecule has 12 heteroatoms. The van der Waals surface area contributed by atoms with Crippen LogP contribution < -0.4 is 4.89 Å². The molecule has 1 unspecified atom stereocenters. The normalized spacial score (nSPS) is 20.2. The fraction of sp³-hybridized carbons (Fsp3) is 0.700. The average Bonchev–Trinajstić information content (AvgIpc) is 3.24. The number of aliphatic hydroxyl groups excluding tert-OH is 1. The number of ether oxygens (including phenoxy) is 2. The molecule has 42 heavy (non-hydrogen) atoms. The van der Waals surface area contributed by atoms with E-state index in [1.54, 1.807) is 12.2 Å². The van der Waals surface area contributed by atoms with Crippen molar-refractivity contribution >= 4 is 25.5 Å². The largest absolute Gasteiger partial charge is 0.756 e. The molecule has 1 aliphatic rings. The molecule has 240 valence electrons. The summed E-state index contributed by atoms with van der Waals surface area (Å²) in [7, 11) is 1.04. The van der Waals surface area contributed by atoms with Gasteiger partial charge in [0.25, 0.3) is 7.82 Å². The summed E-state index contributed by atoms with van der Waals surface area (Å²) in [4.78, 5) is 47.8. The van der Waals surface area contributed by atoms with E-state index in [1.165, 1.54) is 0 Å². The van der Waals surface area contributed by atoms with Gasteiger partial charge in [0.1, 0.15) is 19.8 Å². The molecule has 0 aromatic carbocycles. The molecule has 0 aliphatic heterocycles. The third-order valence-electron chi connectivity index (χ3n) is 6.46. The molecule has 1 aliphatic carbocycles. The van der Waals surface area contributed by atoms with Crippen LogP contribution in [0.25, 0.3) is 0 Å². The molecule has 0 aromatic heterocycles. The number of allylic oxidation sites excluding steroid dienone is 5. The molecule has 0 bridgehead atoms. The number of likely N-dealkylation sites (N-methyl/N-ethyl adjacent to an activating group) is 1. The predicted molar refractivity (Wildman–Crippen MR) is 157 cm³/mol. The highest BCUT2D eigenvalue weighted by atomic mass is 31.2. The third-order valence-corrected chi connectivity index (χ3v) is 7.43. The minimum Gasteiger partial charge on any atom is -0.756 e. The Labute approximate surface area is 250 Å². The van der Waals surface area contributed by atoms with Crippen LogP contribution in [0.1, 0.15) is 65.2 Å². The fourth-order valence-electron chi connectivity index (χ4n) is 4.05. The quantitative estimate of drug-likeness (QED) is 0.0629. The molecular weight excluding hydrogens is 565 g/mol. The Morgan fingerprint density at radius 1 is 1.14 bits per heavy atom. The van der Waals surface area contributed by atoms with Gasteiger partial charge in [0, 0.05) is 19.3 Å². The first-order valence-electron chi connectivity index (χ1n) is 14.7. The van der Waals surface area contributed by atoms with Crippen LogP contribution in [0, 0.1) is 11.8 Å². The second kappa shape index (κ2) is 19.9. The van der Waals surface area contributed by atoms with Crippen LogP contribution in [0.2, 0.25) is 0 Å². The zero-order chi connectivity index (χ0) is 31.6. The molecule has 0 heterocycles. The van der Waals surface area contributed by atoms with E-state index < -0.39 is 38.6 Å². The van der Waals surface area contributed by atoms with E-state index in [-0.39, 0.29) is 37.3 Å². The lowest BCUT2D eigenvalue weighted by atomic mass is 9.90. The highest BCUT2D eigenvalue weighted by Gasteiger charge is 2.27. The Morgan fingerprint density at radius 2 is 1.88 bits per heavy atom. The van der Waals surface area contributed by atoms with E-state index >= 15 is 0 Å². The maximum atomic E-state index is 12.2. The van der Waals surface area contributed by atoms with Crippen molar-refractivity contribution in [3.05, 3.63) is 36.5 Å². The van der Waals surface area contributed by atoms with Crippen molar-refractivity contribution in [1.29, 1.82) is 0 Å². The van der Waals surface area contributed by atoms with Crippen molar-refractivity contribution in [2.75, 3.05) is 47.5 Å². The van der Waals surface area contributed by atoms with Gasteiger partial charge in [-0.1, -0.05) is 56.6 Å². The van der Waals surface area contributed by atoms with Crippen molar-refractivity contribution in [2.24, 2.45) is 11.8 Å². The van der Waals surface area contributed by atoms with Gasteiger partial charge in [-0.25, -0.2) is 0 Å². The highest BCUT2D eigenvalue weighted by molar-refractivity contribution is 7.45. The van der Waals surface area contributed by atoms with Gasteiger partial charge in [0.2, 0.25) is 0 Å². The Kier molecular flexibility index (Phi) is 18.0. The van der Waals surface area contributed by atoms with Gasteiger partial charge in [-0.15, -0.1) is 0 Å². The van der Waals surface area contributed by atoms with Crippen LogP contribution >= 0.6 is 7.82 Å². The summed E-state index contributed by atoms with van der Waals surface area (Å²) in [5.41, 5.74) is 0. The summed E-state index contributed by atoms with van der Waals surface area (Å²) >= 11 is 0. The van der Waals surface area contributed by atoms with Crippen molar-refractivity contribution in [3.63, 3.8) is 0 Å². The van der Waals surface area contributed by atoms with Gasteiger partial charge in [-0.2, -0.15) is 0 Å². The number of ketones is 1. The molecule has 0 saturated carbocycles. The van der Waals surface area contributed by atoms with E-state index in [0.29, 0.717) is 36.7 Å². The summed E-state index contributed by atoms with van der Waals surface area (Å²) < 4.78 is 32.3. The Hall–Kier alpha value is -2.14. The van der Waals surface area contributed by atoms with Gasteiger partial charge in [0.15, 0.2) is 11.9 Å². The fourth-order valence-corrected chi connectivity index (χ4v) is 4.78. The second-order valence-corrected chi connectivity index (χ2v) is 12.9. The molecule has 0 saturated heterocycles. The number of nitrogens with zero attached hydrogens (tertiary/aromatic N) is 1. The standard InChI is InChI=1S/C30H50NO10P/c1-6-7-10-14-26(33)17-18-28-25(16-19-29(28)34)13-11-8-9-12-15-30(35)38-22-27(41-24(2)32)23-40-42(36,37)39-21-20-31(3,4)5/h8,11,16-19,25-28,33H,6-7,9-10,12-15,20-23H2,1-5H3/b11-8-,18-17+/t25-,26-,27+,28+/m0/s1. The lowest BCUT2D eigenvalue weighted by Crippen LogP contribution is -2.37. The summed E-state index contributed by atoms with van der Waals surface area (Å²) in [5, 5.41) is 10.1. The number of hydrogen-bond acceptors (Lipinski definition) is 10. The SMILES string of the molecule is CCCCC[C@H](O)/C=C/[C@H]1C(=O)C=C[C@@H]1C/C=C\CCCC(=O)OC[C@H](COP(=O)([O-])OCC[N+](C)(C)C)OC(C)=O. The number of rotatable bonds is 22. The zero-order valence-corrected chi connectivity index (χ0v) is 26.7. The van der Waals surface area contributed by atoms with E-state index in [0.717, 1.165) is 26.2 Å². The second-order valence-electron chi connectivity index (χ2n) is 11.5. The van der Waals surface area contributed by atoms with Crippen molar-refractivity contribution in [3.8, 4) is 0 Å². The van der Waals surface area contributed by atoms with Crippen molar-refractivity contribution in [2.45, 2.75) is 77.4 Å². The Balaban J connectivity index is 2.38. The van der Waals surface area contributed by atoms with Crippen LogP contribution in [-0.2, 0) is 37.5 Å². The summed E-state index contributed by atoms with van der Waals surface area (Å²) in [6.07, 6.45) is 15.1. The number of carbonyl (C=O) groups excluding carboxylic acids is 3. The summed E-state index contributed by atoms with van der Waals surface area (Å²) in [6.45, 7) is 2.76. The number of aliphatic hydroxyl groups is 1. The number of phosphoric ester groups is 1. The Bertz CT molecular complexity index is 972. The minimum atomic E-state index is -4.62. The lowest BCUT2D eigenvalue weighted by molar-refractivity contribution is -0.870. The molecule has 0 radical (unpaired) electrons. The number of esters is 2. The minimum absolute atomic E-state index is 0.0331. The van der Waals surface area contributed by atoms with Gasteiger partial charge in [-0.3, -0.25) is 18.9 Å². The molecule has 0 spiro atoms. The van der Waals surface area contributed by atoms with Crippen LogP contribution in [0.3, 0.4) is 0 Å². The summed E-state index contributed by atoms with van der Waals surface area (Å²) in [5.74, 6) is -1.39. The third kappa shape index (κ3) is 18.4. The highest BCUT2D eigenvalue weighted by Crippen LogP contribution is 2.38. The molecule has 1 rings (SSSR count). The number of carbonyl (C=O) groups is 3. The van der Waals surface area contributed by atoms with Crippen molar-refractivity contribution < 1.29 is 52.0 Å². The van der Waals surface area contributed by atoms with E-state index in [2.05, 4.69) is 6.92 Å². The number of unbranched alkanes of at least 4 members (excludes halogenated alkanes) is 3. The monoisotopic (exact) mass is 615 g/mol. The maximum Gasteiger partial charge on any atom is 0.305 e. The topological polar surface area (TPSA) is 148 Å². The Morgan fingerprint density at radius 3 is 2.55 bits per heavy atom. The smallest absolute Gasteiger partial charge is 0.305 e. The average molecular weight is 616 g/mol. The van der Waals surface area contributed by atoms with Crippen LogP contribution in [-0.4, -0.2) is 87.0 Å². The molecular formula is C30H50NO10P. The molecule has 0 fully saturated rings. The van der Waals surface area contributed by atoms with Crippen molar-refractivity contribution in [1.82, 2.24) is 0 Å². The summed E-state index contributed by atoms with van der Waals surface area (Å²) in [6, 6.07) is 0. The van der Waals surface area contributed by atoms with E-state index in [9.17, 15) is 28.9 Å². The number of hydrogen-bond donors (Lipinski definition) is 1. The molecule has 5 atom stereocenters. The van der Waals surface area contributed by atoms with E-state index in [1.807, 2.05) is 45.4 Å². The lowest BCUT2D eigenvalue weighted by Gasteiger charge is -2.28. The molecule has 0 amide bonds. The molecule has 11 nitrogen and oxygen atoms in total.